The number of hydrogen-bond acceptors (Lipinski definition) is 5. The van der Waals surface area contributed by atoms with Crippen LogP contribution in [0.1, 0.15) is 31.8 Å². The second-order valence-corrected chi connectivity index (χ2v) is 4.19. The minimum Gasteiger partial charge on any atom is -0.420 e. The van der Waals surface area contributed by atoms with Crippen molar-refractivity contribution in [3.05, 3.63) is 58.9 Å². The summed E-state index contributed by atoms with van der Waals surface area (Å²) in [4.78, 5) is 27.0. The standard InChI is InChI=1S/C15H13NO4/c1-10-4-2-3-5-12(10)15(19)20-14-7-16-6-11(8-17)13(14)9-18/h2-7,9,17H,8H2,1H3. The van der Waals surface area contributed by atoms with E-state index in [4.69, 9.17) is 9.84 Å². The van der Waals surface area contributed by atoms with Gasteiger partial charge in [0, 0.05) is 11.8 Å². The van der Waals surface area contributed by atoms with Crippen LogP contribution in [0.3, 0.4) is 0 Å². The third-order valence-corrected chi connectivity index (χ3v) is 2.89. The lowest BCUT2D eigenvalue weighted by Gasteiger charge is -2.09. The maximum absolute atomic E-state index is 12.1. The Kier molecular flexibility index (Phi) is 4.22. The van der Waals surface area contributed by atoms with Crippen LogP contribution in [-0.2, 0) is 6.61 Å². The van der Waals surface area contributed by atoms with Crippen molar-refractivity contribution in [3.8, 4) is 5.75 Å². The minimum absolute atomic E-state index is 0.0415. The summed E-state index contributed by atoms with van der Waals surface area (Å²) in [6.45, 7) is 1.44. The zero-order valence-corrected chi connectivity index (χ0v) is 10.9. The van der Waals surface area contributed by atoms with E-state index in [9.17, 15) is 9.59 Å². The van der Waals surface area contributed by atoms with Crippen LogP contribution in [-0.4, -0.2) is 22.3 Å². The minimum atomic E-state index is -0.567. The number of nitrogens with zero attached hydrogens (tertiary/aromatic N) is 1. The molecule has 0 saturated carbocycles. The van der Waals surface area contributed by atoms with Crippen molar-refractivity contribution in [1.29, 1.82) is 0 Å². The van der Waals surface area contributed by atoms with Crippen LogP contribution in [0.4, 0.5) is 0 Å². The summed E-state index contributed by atoms with van der Waals surface area (Å²) in [5, 5.41) is 9.13. The maximum atomic E-state index is 12.1. The van der Waals surface area contributed by atoms with Gasteiger partial charge < -0.3 is 9.84 Å². The van der Waals surface area contributed by atoms with Gasteiger partial charge in [-0.25, -0.2) is 4.79 Å². The molecule has 102 valence electrons. The fourth-order valence-electron chi connectivity index (χ4n) is 1.79. The molecule has 1 aromatic carbocycles. The van der Waals surface area contributed by atoms with Crippen molar-refractivity contribution < 1.29 is 19.4 Å². The van der Waals surface area contributed by atoms with E-state index >= 15 is 0 Å². The average molecular weight is 271 g/mol. The van der Waals surface area contributed by atoms with Crippen LogP contribution in [0.25, 0.3) is 0 Å². The Morgan fingerprint density at radius 2 is 2.10 bits per heavy atom. The molecule has 0 unspecified atom stereocenters. The number of benzene rings is 1. The topological polar surface area (TPSA) is 76.5 Å². The van der Waals surface area contributed by atoms with Gasteiger partial charge in [-0.05, 0) is 18.6 Å². The highest BCUT2D eigenvalue weighted by Gasteiger charge is 2.15. The molecule has 5 nitrogen and oxygen atoms in total. The highest BCUT2D eigenvalue weighted by atomic mass is 16.5. The van der Waals surface area contributed by atoms with Crippen LogP contribution in [0.5, 0.6) is 5.75 Å². The number of aldehydes is 1. The molecule has 2 rings (SSSR count). The maximum Gasteiger partial charge on any atom is 0.343 e. The van der Waals surface area contributed by atoms with E-state index in [2.05, 4.69) is 4.98 Å². The van der Waals surface area contributed by atoms with Crippen molar-refractivity contribution in [2.45, 2.75) is 13.5 Å². The van der Waals surface area contributed by atoms with Crippen LogP contribution in [0, 0.1) is 6.92 Å². The number of esters is 1. The summed E-state index contributed by atoms with van der Waals surface area (Å²) >= 11 is 0. The molecule has 0 fully saturated rings. The summed E-state index contributed by atoms with van der Waals surface area (Å²) in [6, 6.07) is 6.98. The Morgan fingerprint density at radius 1 is 1.35 bits per heavy atom. The Morgan fingerprint density at radius 3 is 2.75 bits per heavy atom. The highest BCUT2D eigenvalue weighted by Crippen LogP contribution is 2.21. The first kappa shape index (κ1) is 13.9. The lowest BCUT2D eigenvalue weighted by molar-refractivity contribution is 0.0731. The molecular weight excluding hydrogens is 258 g/mol. The van der Waals surface area contributed by atoms with Gasteiger partial charge >= 0.3 is 5.97 Å². The van der Waals surface area contributed by atoms with E-state index in [1.807, 2.05) is 6.07 Å². The van der Waals surface area contributed by atoms with Gasteiger partial charge in [0.1, 0.15) is 0 Å². The number of rotatable bonds is 4. The van der Waals surface area contributed by atoms with Crippen molar-refractivity contribution >= 4 is 12.3 Å². The summed E-state index contributed by atoms with van der Waals surface area (Å²) in [6.07, 6.45) is 3.17. The number of carbonyl (C=O) groups is 2. The van der Waals surface area contributed by atoms with Gasteiger partial charge in [0.25, 0.3) is 0 Å². The number of hydrogen-bond donors (Lipinski definition) is 1. The molecule has 0 aliphatic carbocycles. The number of ether oxygens (including phenoxy) is 1. The molecular formula is C15H13NO4. The fraction of sp³-hybridized carbons (Fsp3) is 0.133. The van der Waals surface area contributed by atoms with E-state index in [0.717, 1.165) is 5.56 Å². The molecule has 20 heavy (non-hydrogen) atoms. The summed E-state index contributed by atoms with van der Waals surface area (Å²) in [5.74, 6) is -0.525. The quantitative estimate of drug-likeness (QED) is 0.679. The summed E-state index contributed by atoms with van der Waals surface area (Å²) in [5.41, 5.74) is 1.63. The number of aliphatic hydroxyl groups is 1. The van der Waals surface area contributed by atoms with E-state index in [1.165, 1.54) is 12.4 Å². The zero-order chi connectivity index (χ0) is 14.5. The van der Waals surface area contributed by atoms with E-state index in [1.54, 1.807) is 25.1 Å². The Labute approximate surface area is 115 Å². The van der Waals surface area contributed by atoms with Crippen LogP contribution in [0.15, 0.2) is 36.7 Å². The first-order chi connectivity index (χ1) is 9.67. The zero-order valence-electron chi connectivity index (χ0n) is 10.9. The molecule has 0 aliphatic rings. The largest absolute Gasteiger partial charge is 0.420 e. The van der Waals surface area contributed by atoms with Crippen LogP contribution >= 0.6 is 0 Å². The molecule has 1 N–H and O–H groups in total. The van der Waals surface area contributed by atoms with Gasteiger partial charge in [-0.15, -0.1) is 0 Å². The first-order valence-corrected chi connectivity index (χ1v) is 5.98. The molecule has 0 bridgehead atoms. The smallest absolute Gasteiger partial charge is 0.343 e. The monoisotopic (exact) mass is 271 g/mol. The van der Waals surface area contributed by atoms with E-state index in [-0.39, 0.29) is 17.9 Å². The Balaban J connectivity index is 2.33. The van der Waals surface area contributed by atoms with Crippen molar-refractivity contribution in [2.24, 2.45) is 0 Å². The Hall–Kier alpha value is -2.53. The number of carbonyl (C=O) groups excluding carboxylic acids is 2. The lowest BCUT2D eigenvalue weighted by atomic mass is 10.1. The van der Waals surface area contributed by atoms with Gasteiger partial charge in [-0.2, -0.15) is 0 Å². The molecule has 0 atom stereocenters. The molecule has 0 amide bonds. The molecule has 5 heteroatoms. The lowest BCUT2D eigenvalue weighted by Crippen LogP contribution is -2.12. The predicted octanol–water partition coefficient (Wildman–Crippen LogP) is 1.91. The fourth-order valence-corrected chi connectivity index (χ4v) is 1.79. The predicted molar refractivity (Wildman–Crippen MR) is 71.7 cm³/mol. The van der Waals surface area contributed by atoms with Crippen LogP contribution in [0.2, 0.25) is 0 Å². The molecule has 0 saturated heterocycles. The number of aliphatic hydroxyl groups excluding tert-OH is 1. The van der Waals surface area contributed by atoms with Gasteiger partial charge in [0.2, 0.25) is 0 Å². The van der Waals surface area contributed by atoms with E-state index in [0.29, 0.717) is 17.4 Å². The SMILES string of the molecule is Cc1ccccc1C(=O)Oc1cncc(CO)c1C=O. The van der Waals surface area contributed by atoms with E-state index < -0.39 is 5.97 Å². The second kappa shape index (κ2) is 6.08. The highest BCUT2D eigenvalue weighted by molar-refractivity contribution is 5.94. The van der Waals surface area contributed by atoms with Gasteiger partial charge in [-0.1, -0.05) is 18.2 Å². The van der Waals surface area contributed by atoms with Crippen molar-refractivity contribution in [2.75, 3.05) is 0 Å². The van der Waals surface area contributed by atoms with Crippen molar-refractivity contribution in [3.63, 3.8) is 0 Å². The number of pyridine rings is 1. The molecule has 0 aliphatic heterocycles. The normalized spacial score (nSPS) is 10.1. The third kappa shape index (κ3) is 2.73. The molecule has 0 radical (unpaired) electrons. The molecule has 1 aromatic heterocycles. The molecule has 0 spiro atoms. The van der Waals surface area contributed by atoms with Gasteiger partial charge in [0.05, 0.1) is 23.9 Å². The average Bonchev–Trinajstić information content (AvgIpc) is 2.47. The summed E-state index contributed by atoms with van der Waals surface area (Å²) in [7, 11) is 0. The number of aromatic nitrogens is 1. The summed E-state index contributed by atoms with van der Waals surface area (Å²) < 4.78 is 5.20. The van der Waals surface area contributed by atoms with Crippen LogP contribution < -0.4 is 4.74 Å². The number of aryl methyl sites for hydroxylation is 1. The Bertz CT molecular complexity index is 652. The third-order valence-electron chi connectivity index (χ3n) is 2.89. The molecule has 1 heterocycles. The first-order valence-electron chi connectivity index (χ1n) is 5.98. The van der Waals surface area contributed by atoms with Gasteiger partial charge in [-0.3, -0.25) is 9.78 Å². The molecule has 2 aromatic rings. The second-order valence-electron chi connectivity index (χ2n) is 4.19. The van der Waals surface area contributed by atoms with Gasteiger partial charge in [0.15, 0.2) is 12.0 Å². The van der Waals surface area contributed by atoms with Crippen molar-refractivity contribution in [1.82, 2.24) is 4.98 Å².